The number of likely N-dealkylation sites (tertiary alicyclic amines) is 1. The molecular formula is C21H22ClNO. The van der Waals surface area contributed by atoms with Crippen LogP contribution >= 0.6 is 11.6 Å². The molecule has 1 fully saturated rings. The van der Waals surface area contributed by atoms with Gasteiger partial charge in [0.15, 0.2) is 5.78 Å². The van der Waals surface area contributed by atoms with Crippen LogP contribution in [0.25, 0.3) is 0 Å². The maximum Gasteiger partial charge on any atom is 0.167 e. The van der Waals surface area contributed by atoms with E-state index in [1.54, 1.807) is 6.07 Å². The van der Waals surface area contributed by atoms with E-state index in [4.69, 9.17) is 11.6 Å². The second-order valence-electron chi connectivity index (χ2n) is 7.04. The van der Waals surface area contributed by atoms with E-state index in [-0.39, 0.29) is 11.7 Å². The Balaban J connectivity index is 1.46. The van der Waals surface area contributed by atoms with Crippen molar-refractivity contribution in [3.8, 4) is 0 Å². The summed E-state index contributed by atoms with van der Waals surface area (Å²) in [5.41, 5.74) is 3.71. The summed E-state index contributed by atoms with van der Waals surface area (Å²) in [6.07, 6.45) is 4.33. The third-order valence-electron chi connectivity index (χ3n) is 5.48. The van der Waals surface area contributed by atoms with Gasteiger partial charge in [-0.3, -0.25) is 9.69 Å². The van der Waals surface area contributed by atoms with Gasteiger partial charge in [-0.25, -0.2) is 0 Å². The highest BCUT2D eigenvalue weighted by Gasteiger charge is 2.33. The van der Waals surface area contributed by atoms with E-state index in [0.717, 1.165) is 44.3 Å². The van der Waals surface area contributed by atoms with Crippen LogP contribution in [-0.2, 0) is 12.8 Å². The van der Waals surface area contributed by atoms with Gasteiger partial charge in [0.05, 0.1) is 0 Å². The molecule has 0 unspecified atom stereocenters. The molecule has 4 rings (SSSR count). The lowest BCUT2D eigenvalue weighted by molar-refractivity contribution is 0.0760. The fraction of sp³-hybridized carbons (Fsp3) is 0.381. The van der Waals surface area contributed by atoms with Gasteiger partial charge < -0.3 is 0 Å². The van der Waals surface area contributed by atoms with E-state index in [2.05, 4.69) is 29.2 Å². The van der Waals surface area contributed by atoms with Crippen LogP contribution in [0.4, 0.5) is 0 Å². The molecule has 0 amide bonds. The van der Waals surface area contributed by atoms with Crippen LogP contribution in [0.3, 0.4) is 0 Å². The van der Waals surface area contributed by atoms with Crippen molar-refractivity contribution in [2.45, 2.75) is 31.7 Å². The summed E-state index contributed by atoms with van der Waals surface area (Å²) in [5, 5.41) is 0.639. The lowest BCUT2D eigenvalue weighted by Gasteiger charge is -2.36. The van der Waals surface area contributed by atoms with Crippen molar-refractivity contribution < 1.29 is 4.79 Å². The minimum Gasteiger partial charge on any atom is -0.299 e. The van der Waals surface area contributed by atoms with Crippen molar-refractivity contribution in [2.24, 2.45) is 5.92 Å². The Kier molecular flexibility index (Phi) is 4.43. The molecule has 2 nitrogen and oxygen atoms in total. The Hall–Kier alpha value is -1.64. The maximum atomic E-state index is 12.8. The fourth-order valence-corrected chi connectivity index (χ4v) is 4.41. The lowest BCUT2D eigenvalue weighted by atomic mass is 9.89. The van der Waals surface area contributed by atoms with Gasteiger partial charge >= 0.3 is 0 Å². The molecule has 0 aromatic heterocycles. The highest BCUT2D eigenvalue weighted by Crippen LogP contribution is 2.30. The van der Waals surface area contributed by atoms with Gasteiger partial charge in [0.25, 0.3) is 0 Å². The monoisotopic (exact) mass is 339 g/mol. The third-order valence-corrected chi connectivity index (χ3v) is 5.71. The summed E-state index contributed by atoms with van der Waals surface area (Å²) in [6, 6.07) is 16.7. The third kappa shape index (κ3) is 3.13. The summed E-state index contributed by atoms with van der Waals surface area (Å²) in [4.78, 5) is 15.4. The SMILES string of the molecule is O=C(c1cccc(Cl)c1)[C@H]1CCCN(C2Cc3ccccc3C2)C1. The molecule has 1 atom stereocenters. The smallest absolute Gasteiger partial charge is 0.167 e. The Morgan fingerprint density at radius 1 is 1.04 bits per heavy atom. The van der Waals surface area contributed by atoms with Gasteiger partial charge in [-0.05, 0) is 55.5 Å². The molecule has 1 saturated heterocycles. The van der Waals surface area contributed by atoms with E-state index in [0.29, 0.717) is 11.1 Å². The first-order valence-corrected chi connectivity index (χ1v) is 9.19. The molecule has 3 heteroatoms. The fourth-order valence-electron chi connectivity index (χ4n) is 4.22. The number of carbonyl (C=O) groups is 1. The number of hydrogen-bond donors (Lipinski definition) is 0. The summed E-state index contributed by atoms with van der Waals surface area (Å²) >= 11 is 6.05. The van der Waals surface area contributed by atoms with Gasteiger partial charge in [0.1, 0.15) is 0 Å². The maximum absolute atomic E-state index is 12.8. The first-order valence-electron chi connectivity index (χ1n) is 8.81. The molecule has 1 heterocycles. The molecule has 1 aliphatic carbocycles. The zero-order valence-electron chi connectivity index (χ0n) is 13.7. The van der Waals surface area contributed by atoms with E-state index in [1.807, 2.05) is 18.2 Å². The largest absolute Gasteiger partial charge is 0.299 e. The molecule has 0 saturated carbocycles. The minimum atomic E-state index is 0.0981. The van der Waals surface area contributed by atoms with Crippen LogP contribution in [0.5, 0.6) is 0 Å². The molecule has 1 aliphatic heterocycles. The zero-order chi connectivity index (χ0) is 16.5. The first-order chi connectivity index (χ1) is 11.7. The van der Waals surface area contributed by atoms with Crippen LogP contribution in [0.1, 0.15) is 34.3 Å². The van der Waals surface area contributed by atoms with Crippen LogP contribution < -0.4 is 0 Å². The summed E-state index contributed by atoms with van der Waals surface area (Å²) in [6.45, 7) is 1.99. The normalized spacial score (nSPS) is 21.6. The number of hydrogen-bond acceptors (Lipinski definition) is 2. The summed E-state index contributed by atoms with van der Waals surface area (Å²) in [5.74, 6) is 0.346. The van der Waals surface area contributed by atoms with Gasteiger partial charge in [-0.15, -0.1) is 0 Å². The van der Waals surface area contributed by atoms with Crippen LogP contribution in [0.15, 0.2) is 48.5 Å². The Labute approximate surface area is 148 Å². The molecule has 24 heavy (non-hydrogen) atoms. The van der Waals surface area contributed by atoms with Crippen molar-refractivity contribution in [1.29, 1.82) is 0 Å². The second-order valence-corrected chi connectivity index (χ2v) is 7.48. The molecular weight excluding hydrogens is 318 g/mol. The summed E-state index contributed by atoms with van der Waals surface area (Å²) in [7, 11) is 0. The van der Waals surface area contributed by atoms with Gasteiger partial charge in [-0.1, -0.05) is 48.0 Å². The summed E-state index contributed by atoms with van der Waals surface area (Å²) < 4.78 is 0. The van der Waals surface area contributed by atoms with Gasteiger partial charge in [-0.2, -0.15) is 0 Å². The average molecular weight is 340 g/mol. The zero-order valence-corrected chi connectivity index (χ0v) is 14.5. The molecule has 124 valence electrons. The first kappa shape index (κ1) is 15.9. The van der Waals surface area contributed by atoms with Gasteiger partial charge in [0.2, 0.25) is 0 Å². The predicted molar refractivity (Wildman–Crippen MR) is 97.7 cm³/mol. The minimum absolute atomic E-state index is 0.0981. The standard InChI is InChI=1S/C21H22ClNO/c22-19-9-3-7-17(11-19)21(24)18-8-4-10-23(14-18)20-12-15-5-1-2-6-16(15)13-20/h1-3,5-7,9,11,18,20H,4,8,10,12-14H2/t18-/m0/s1. The van der Waals surface area contributed by atoms with Crippen molar-refractivity contribution >= 4 is 17.4 Å². The second kappa shape index (κ2) is 6.70. The predicted octanol–water partition coefficient (Wildman–Crippen LogP) is 4.40. The number of Topliss-reactive ketones (excluding diaryl/α,β-unsaturated/α-hetero) is 1. The Morgan fingerprint density at radius 2 is 1.79 bits per heavy atom. The number of halogens is 1. The molecule has 2 aromatic rings. The van der Waals surface area contributed by atoms with Gasteiger partial charge in [0, 0.05) is 29.1 Å². The van der Waals surface area contributed by atoms with Crippen LogP contribution in [-0.4, -0.2) is 29.8 Å². The highest BCUT2D eigenvalue weighted by molar-refractivity contribution is 6.31. The van der Waals surface area contributed by atoms with Crippen molar-refractivity contribution in [3.63, 3.8) is 0 Å². The molecule has 2 aliphatic rings. The van der Waals surface area contributed by atoms with E-state index in [1.165, 1.54) is 11.1 Å². The van der Waals surface area contributed by atoms with Crippen LogP contribution in [0.2, 0.25) is 5.02 Å². The average Bonchev–Trinajstić information content (AvgIpc) is 3.05. The van der Waals surface area contributed by atoms with E-state index >= 15 is 0 Å². The van der Waals surface area contributed by atoms with Crippen molar-refractivity contribution in [1.82, 2.24) is 4.90 Å². The van der Waals surface area contributed by atoms with E-state index < -0.39 is 0 Å². The van der Waals surface area contributed by atoms with Crippen molar-refractivity contribution in [3.05, 3.63) is 70.2 Å². The molecule has 0 bridgehead atoms. The van der Waals surface area contributed by atoms with E-state index in [9.17, 15) is 4.79 Å². The molecule has 2 aromatic carbocycles. The molecule has 0 N–H and O–H groups in total. The number of nitrogens with zero attached hydrogens (tertiary/aromatic N) is 1. The number of piperidine rings is 1. The Morgan fingerprint density at radius 3 is 2.50 bits per heavy atom. The number of benzene rings is 2. The lowest BCUT2D eigenvalue weighted by Crippen LogP contribution is -2.45. The number of carbonyl (C=O) groups excluding carboxylic acids is 1. The van der Waals surface area contributed by atoms with Crippen LogP contribution in [0, 0.1) is 5.92 Å². The molecule has 0 spiro atoms. The topological polar surface area (TPSA) is 20.3 Å². The van der Waals surface area contributed by atoms with Crippen molar-refractivity contribution in [2.75, 3.05) is 13.1 Å². The molecule has 0 radical (unpaired) electrons. The Bertz CT molecular complexity index is 732. The number of rotatable bonds is 3. The highest BCUT2D eigenvalue weighted by atomic mass is 35.5. The number of fused-ring (bicyclic) bond motifs is 1. The quantitative estimate of drug-likeness (QED) is 0.772. The number of ketones is 1.